The molecule has 128 valence electrons. The molecule has 3 rings (SSSR count). The van der Waals surface area contributed by atoms with Crippen LogP contribution in [0.15, 0.2) is 39.7 Å². The molecule has 8 nitrogen and oxygen atoms in total. The van der Waals surface area contributed by atoms with Crippen LogP contribution >= 0.6 is 0 Å². The summed E-state index contributed by atoms with van der Waals surface area (Å²) in [6.45, 7) is 3.51. The summed E-state index contributed by atoms with van der Waals surface area (Å²) in [5.41, 5.74) is 0. The Morgan fingerprint density at radius 2 is 2.08 bits per heavy atom. The zero-order valence-corrected chi connectivity index (χ0v) is 13.4. The largest absolute Gasteiger partial charge is 0.459 e. The number of likely N-dealkylation sites (tertiary alicyclic amines) is 1. The molecule has 3 heterocycles. The first-order valence-electron chi connectivity index (χ1n) is 8.09. The summed E-state index contributed by atoms with van der Waals surface area (Å²) in [7, 11) is 0. The standard InChI is InChI=1S/C16H20N4O4/c21-15(17-14-5-11-24-18-14)12-20(9-8-19-6-1-2-7-19)16(22)13-4-3-10-23-13/h3-5,10-11H,1-2,6-9,12H2,(H,17,18,21)/p+1. The molecule has 1 saturated heterocycles. The number of aromatic nitrogens is 1. The molecule has 0 saturated carbocycles. The second-order valence-corrected chi connectivity index (χ2v) is 5.84. The molecule has 1 aliphatic heterocycles. The third-order valence-corrected chi connectivity index (χ3v) is 4.10. The average molecular weight is 333 g/mol. The Bertz CT molecular complexity index is 648. The number of carbonyl (C=O) groups excluding carboxylic acids is 2. The van der Waals surface area contributed by atoms with Crippen molar-refractivity contribution in [2.75, 3.05) is 38.0 Å². The van der Waals surface area contributed by atoms with Crippen LogP contribution in [0.25, 0.3) is 0 Å². The Morgan fingerprint density at radius 1 is 1.25 bits per heavy atom. The summed E-state index contributed by atoms with van der Waals surface area (Å²) in [5.74, 6) is -0.0367. The second-order valence-electron chi connectivity index (χ2n) is 5.84. The zero-order valence-electron chi connectivity index (χ0n) is 13.4. The summed E-state index contributed by atoms with van der Waals surface area (Å²) in [4.78, 5) is 27.7. The van der Waals surface area contributed by atoms with Gasteiger partial charge in [-0.2, -0.15) is 0 Å². The quantitative estimate of drug-likeness (QED) is 0.745. The lowest BCUT2D eigenvalue weighted by Gasteiger charge is -2.22. The van der Waals surface area contributed by atoms with Crippen molar-refractivity contribution in [3.63, 3.8) is 0 Å². The molecule has 0 radical (unpaired) electrons. The topological polar surface area (TPSA) is 93.0 Å². The van der Waals surface area contributed by atoms with Crippen molar-refractivity contribution in [3.8, 4) is 0 Å². The fraction of sp³-hybridized carbons (Fsp3) is 0.438. The van der Waals surface area contributed by atoms with E-state index >= 15 is 0 Å². The highest BCUT2D eigenvalue weighted by atomic mass is 16.5. The molecule has 2 aromatic heterocycles. The Labute approximate surface area is 139 Å². The number of carbonyl (C=O) groups is 2. The van der Waals surface area contributed by atoms with Gasteiger partial charge in [0.15, 0.2) is 11.6 Å². The Balaban J connectivity index is 1.61. The van der Waals surface area contributed by atoms with E-state index in [1.54, 1.807) is 18.2 Å². The third-order valence-electron chi connectivity index (χ3n) is 4.10. The molecular formula is C16H21N4O4+. The maximum atomic E-state index is 12.6. The predicted octanol–water partition coefficient (Wildman–Crippen LogP) is 0.0272. The molecule has 0 aliphatic carbocycles. The maximum absolute atomic E-state index is 12.6. The van der Waals surface area contributed by atoms with E-state index in [2.05, 4.69) is 15.0 Å². The van der Waals surface area contributed by atoms with E-state index in [0.29, 0.717) is 12.4 Å². The van der Waals surface area contributed by atoms with Gasteiger partial charge in [0.2, 0.25) is 5.91 Å². The summed E-state index contributed by atoms with van der Waals surface area (Å²) < 4.78 is 9.86. The van der Waals surface area contributed by atoms with Gasteiger partial charge in [0.05, 0.1) is 32.4 Å². The highest BCUT2D eigenvalue weighted by Crippen LogP contribution is 2.07. The molecule has 1 aliphatic rings. The van der Waals surface area contributed by atoms with E-state index < -0.39 is 0 Å². The minimum absolute atomic E-state index is 0.0559. The number of hydrogen-bond donors (Lipinski definition) is 2. The van der Waals surface area contributed by atoms with Crippen LogP contribution in [-0.2, 0) is 4.79 Å². The molecule has 0 aromatic carbocycles. The summed E-state index contributed by atoms with van der Waals surface area (Å²) in [6.07, 6.45) is 5.26. The Hall–Kier alpha value is -2.61. The van der Waals surface area contributed by atoms with Crippen molar-refractivity contribution >= 4 is 17.6 Å². The lowest BCUT2D eigenvalue weighted by molar-refractivity contribution is -0.886. The van der Waals surface area contributed by atoms with Crippen molar-refractivity contribution < 1.29 is 23.4 Å². The molecule has 1 fully saturated rings. The van der Waals surface area contributed by atoms with E-state index in [1.165, 1.54) is 35.2 Å². The summed E-state index contributed by atoms with van der Waals surface area (Å²) >= 11 is 0. The fourth-order valence-electron chi connectivity index (χ4n) is 2.86. The number of amides is 2. The molecule has 2 aromatic rings. The van der Waals surface area contributed by atoms with Crippen LogP contribution in [0.5, 0.6) is 0 Å². The highest BCUT2D eigenvalue weighted by Gasteiger charge is 2.24. The average Bonchev–Trinajstić information content (AvgIpc) is 3.33. The number of anilines is 1. The number of nitrogens with one attached hydrogen (secondary N) is 2. The molecule has 0 spiro atoms. The van der Waals surface area contributed by atoms with Crippen molar-refractivity contribution in [3.05, 3.63) is 36.5 Å². The van der Waals surface area contributed by atoms with Gasteiger partial charge < -0.3 is 24.1 Å². The van der Waals surface area contributed by atoms with Gasteiger partial charge in [0.25, 0.3) is 5.91 Å². The van der Waals surface area contributed by atoms with E-state index in [4.69, 9.17) is 4.42 Å². The van der Waals surface area contributed by atoms with Gasteiger partial charge in [0, 0.05) is 18.9 Å². The van der Waals surface area contributed by atoms with Crippen LogP contribution in [0.1, 0.15) is 23.4 Å². The van der Waals surface area contributed by atoms with E-state index in [1.807, 2.05) is 0 Å². The van der Waals surface area contributed by atoms with Gasteiger partial charge >= 0.3 is 0 Å². The van der Waals surface area contributed by atoms with E-state index in [0.717, 1.165) is 19.6 Å². The van der Waals surface area contributed by atoms with Gasteiger partial charge in [0.1, 0.15) is 12.8 Å². The molecule has 0 unspecified atom stereocenters. The maximum Gasteiger partial charge on any atom is 0.290 e. The first-order chi connectivity index (χ1) is 11.7. The number of quaternary nitrogens is 1. The minimum atomic E-state index is -0.319. The van der Waals surface area contributed by atoms with Crippen molar-refractivity contribution in [2.24, 2.45) is 0 Å². The van der Waals surface area contributed by atoms with Crippen LogP contribution in [0.3, 0.4) is 0 Å². The van der Waals surface area contributed by atoms with Gasteiger partial charge in [-0.3, -0.25) is 9.59 Å². The Morgan fingerprint density at radius 3 is 2.75 bits per heavy atom. The SMILES string of the molecule is O=C(CN(CC[NH+]1CCCC1)C(=O)c1ccco1)Nc1ccon1. The van der Waals surface area contributed by atoms with E-state index in [9.17, 15) is 9.59 Å². The Kier molecular flexibility index (Phi) is 5.27. The fourth-order valence-corrected chi connectivity index (χ4v) is 2.86. The lowest BCUT2D eigenvalue weighted by Crippen LogP contribution is -3.10. The number of rotatable bonds is 7. The highest BCUT2D eigenvalue weighted by molar-refractivity contribution is 5.97. The van der Waals surface area contributed by atoms with Gasteiger partial charge in [-0.05, 0) is 12.1 Å². The number of furan rings is 1. The van der Waals surface area contributed by atoms with Crippen LogP contribution < -0.4 is 10.2 Å². The van der Waals surface area contributed by atoms with Gasteiger partial charge in [-0.1, -0.05) is 5.16 Å². The van der Waals surface area contributed by atoms with Gasteiger partial charge in [-0.15, -0.1) is 0 Å². The molecule has 2 N–H and O–H groups in total. The second kappa shape index (κ2) is 7.78. The van der Waals surface area contributed by atoms with Crippen molar-refractivity contribution in [1.29, 1.82) is 0 Å². The van der Waals surface area contributed by atoms with Crippen LogP contribution in [0, 0.1) is 0 Å². The zero-order chi connectivity index (χ0) is 16.8. The molecule has 2 amide bonds. The normalized spacial score (nSPS) is 14.7. The summed E-state index contributed by atoms with van der Waals surface area (Å²) in [6, 6.07) is 4.81. The first-order valence-corrected chi connectivity index (χ1v) is 8.09. The molecule has 0 bridgehead atoms. The lowest BCUT2D eigenvalue weighted by atomic mass is 10.3. The molecule has 8 heteroatoms. The minimum Gasteiger partial charge on any atom is -0.459 e. The first kappa shape index (κ1) is 16.3. The third kappa shape index (κ3) is 4.23. The molecular weight excluding hydrogens is 312 g/mol. The summed E-state index contributed by atoms with van der Waals surface area (Å²) in [5, 5.41) is 6.24. The number of hydrogen-bond acceptors (Lipinski definition) is 5. The van der Waals surface area contributed by atoms with E-state index in [-0.39, 0.29) is 24.1 Å². The van der Waals surface area contributed by atoms with Crippen LogP contribution in [0.2, 0.25) is 0 Å². The molecule has 0 atom stereocenters. The molecule has 24 heavy (non-hydrogen) atoms. The smallest absolute Gasteiger partial charge is 0.290 e. The van der Waals surface area contributed by atoms with Gasteiger partial charge in [-0.25, -0.2) is 0 Å². The van der Waals surface area contributed by atoms with Crippen LogP contribution in [-0.4, -0.2) is 54.6 Å². The van der Waals surface area contributed by atoms with Crippen molar-refractivity contribution in [2.45, 2.75) is 12.8 Å². The van der Waals surface area contributed by atoms with Crippen molar-refractivity contribution in [1.82, 2.24) is 10.1 Å². The predicted molar refractivity (Wildman–Crippen MR) is 84.5 cm³/mol. The monoisotopic (exact) mass is 333 g/mol. The number of nitrogens with zero attached hydrogens (tertiary/aromatic N) is 2. The van der Waals surface area contributed by atoms with Crippen LogP contribution in [0.4, 0.5) is 5.82 Å².